The molecule has 0 spiro atoms. The minimum absolute atomic E-state index is 0.138. The third-order valence-corrected chi connectivity index (χ3v) is 5.48. The van der Waals surface area contributed by atoms with Crippen molar-refractivity contribution in [3.05, 3.63) is 33.3 Å². The minimum Gasteiger partial charge on any atom is -0.316 e. The lowest BCUT2D eigenvalue weighted by molar-refractivity contribution is -0.384. The van der Waals surface area contributed by atoms with Gasteiger partial charge in [-0.15, -0.1) is 0 Å². The molecule has 7 nitrogen and oxygen atoms in total. The number of hydrogen-bond acceptors (Lipinski definition) is 5. The molecule has 1 fully saturated rings. The van der Waals surface area contributed by atoms with Crippen molar-refractivity contribution in [1.82, 2.24) is 10.0 Å². The van der Waals surface area contributed by atoms with Crippen molar-refractivity contribution >= 4 is 27.3 Å². The second kappa shape index (κ2) is 6.27. The highest BCUT2D eigenvalue weighted by molar-refractivity contribution is 7.89. The van der Waals surface area contributed by atoms with Gasteiger partial charge in [0.1, 0.15) is 4.90 Å². The van der Waals surface area contributed by atoms with Crippen molar-refractivity contribution in [2.45, 2.75) is 24.3 Å². The molecule has 0 amide bonds. The van der Waals surface area contributed by atoms with Crippen molar-refractivity contribution in [1.29, 1.82) is 0 Å². The van der Waals surface area contributed by atoms with Gasteiger partial charge in [-0.2, -0.15) is 0 Å². The Kier molecular flexibility index (Phi) is 4.82. The Morgan fingerprint density at radius 1 is 1.48 bits per heavy atom. The van der Waals surface area contributed by atoms with E-state index in [1.54, 1.807) is 0 Å². The number of nitrogens with zero attached hydrogens (tertiary/aromatic N) is 1. The quantitative estimate of drug-likeness (QED) is 0.642. The molecular formula is C12H16ClN3O4S. The molecular weight excluding hydrogens is 318 g/mol. The predicted octanol–water partition coefficient (Wildman–Crippen LogP) is 1.52. The van der Waals surface area contributed by atoms with Crippen molar-refractivity contribution in [2.75, 3.05) is 13.1 Å². The Morgan fingerprint density at radius 2 is 2.19 bits per heavy atom. The molecule has 2 N–H and O–H groups in total. The molecule has 2 rings (SSSR count). The Labute approximate surface area is 127 Å². The van der Waals surface area contributed by atoms with E-state index in [1.165, 1.54) is 0 Å². The van der Waals surface area contributed by atoms with E-state index in [9.17, 15) is 18.5 Å². The maximum Gasteiger partial charge on any atom is 0.271 e. The zero-order valence-electron chi connectivity index (χ0n) is 11.4. The molecule has 116 valence electrons. The van der Waals surface area contributed by atoms with E-state index in [1.807, 2.05) is 6.92 Å². The standard InChI is InChI=1S/C12H16ClN3O4S/c1-8-7-14-5-4-11(8)15-21(19,20)12-3-2-9(16(17)18)6-10(12)13/h2-3,6,8,11,14-15H,4-5,7H2,1H3. The number of piperidine rings is 1. The monoisotopic (exact) mass is 333 g/mol. The fourth-order valence-corrected chi connectivity index (χ4v) is 4.19. The Balaban J connectivity index is 2.25. The van der Waals surface area contributed by atoms with Gasteiger partial charge in [0.2, 0.25) is 10.0 Å². The van der Waals surface area contributed by atoms with Crippen molar-refractivity contribution in [3.63, 3.8) is 0 Å². The molecule has 21 heavy (non-hydrogen) atoms. The van der Waals surface area contributed by atoms with Gasteiger partial charge in [-0.3, -0.25) is 10.1 Å². The molecule has 1 aliphatic rings. The number of nitro groups is 1. The summed E-state index contributed by atoms with van der Waals surface area (Å²) in [6, 6.07) is 3.16. The molecule has 9 heteroatoms. The minimum atomic E-state index is -3.80. The van der Waals surface area contributed by atoms with Gasteiger partial charge in [0.05, 0.1) is 9.95 Å². The Bertz CT molecular complexity index is 650. The first-order chi connectivity index (χ1) is 9.81. The van der Waals surface area contributed by atoms with Gasteiger partial charge in [-0.25, -0.2) is 13.1 Å². The molecule has 1 aromatic rings. The number of rotatable bonds is 4. The first-order valence-electron chi connectivity index (χ1n) is 6.48. The van der Waals surface area contributed by atoms with E-state index in [4.69, 9.17) is 11.6 Å². The summed E-state index contributed by atoms with van der Waals surface area (Å²) in [5, 5.41) is 13.7. The molecule has 1 aliphatic heterocycles. The lowest BCUT2D eigenvalue weighted by atomic mass is 9.97. The molecule has 0 aromatic heterocycles. The van der Waals surface area contributed by atoms with E-state index in [2.05, 4.69) is 10.0 Å². The van der Waals surface area contributed by atoms with Gasteiger partial charge in [0, 0.05) is 18.2 Å². The van der Waals surface area contributed by atoms with E-state index < -0.39 is 14.9 Å². The summed E-state index contributed by atoms with van der Waals surface area (Å²) in [7, 11) is -3.80. The highest BCUT2D eigenvalue weighted by Gasteiger charge is 2.28. The maximum absolute atomic E-state index is 12.4. The van der Waals surface area contributed by atoms with Crippen LogP contribution in [-0.2, 0) is 10.0 Å². The van der Waals surface area contributed by atoms with Gasteiger partial charge < -0.3 is 5.32 Å². The van der Waals surface area contributed by atoms with Crippen LogP contribution < -0.4 is 10.0 Å². The van der Waals surface area contributed by atoms with Gasteiger partial charge in [0.15, 0.2) is 0 Å². The van der Waals surface area contributed by atoms with Gasteiger partial charge in [-0.1, -0.05) is 18.5 Å². The van der Waals surface area contributed by atoms with Gasteiger partial charge >= 0.3 is 0 Å². The summed E-state index contributed by atoms with van der Waals surface area (Å²) in [6.07, 6.45) is 0.686. The summed E-state index contributed by atoms with van der Waals surface area (Å²) in [6.45, 7) is 3.43. The molecule has 2 unspecified atom stereocenters. The molecule has 0 bridgehead atoms. The van der Waals surface area contributed by atoms with Gasteiger partial charge in [0.25, 0.3) is 5.69 Å². The smallest absolute Gasteiger partial charge is 0.271 e. The maximum atomic E-state index is 12.4. The van der Waals surface area contributed by atoms with Crippen molar-refractivity contribution < 1.29 is 13.3 Å². The largest absolute Gasteiger partial charge is 0.316 e. The number of nitrogens with one attached hydrogen (secondary N) is 2. The van der Waals surface area contributed by atoms with Crippen LogP contribution >= 0.6 is 11.6 Å². The lowest BCUT2D eigenvalue weighted by Crippen LogP contribution is -2.48. The molecule has 1 saturated heterocycles. The number of sulfonamides is 1. The summed E-state index contributed by atoms with van der Waals surface area (Å²) in [5.74, 6) is 0.158. The molecule has 1 aromatic carbocycles. The second-order valence-electron chi connectivity index (χ2n) is 5.07. The van der Waals surface area contributed by atoms with Crippen LogP contribution in [0.5, 0.6) is 0 Å². The third-order valence-electron chi connectivity index (χ3n) is 3.51. The molecule has 2 atom stereocenters. The van der Waals surface area contributed by atoms with Crippen LogP contribution in [0.2, 0.25) is 5.02 Å². The SMILES string of the molecule is CC1CNCCC1NS(=O)(=O)c1ccc([N+](=O)[O-])cc1Cl. The third kappa shape index (κ3) is 3.70. The lowest BCUT2D eigenvalue weighted by Gasteiger charge is -2.30. The first-order valence-corrected chi connectivity index (χ1v) is 8.34. The first kappa shape index (κ1) is 16.2. The van der Waals surface area contributed by atoms with E-state index in [0.717, 1.165) is 31.3 Å². The van der Waals surface area contributed by atoms with Crippen LogP contribution in [0.4, 0.5) is 5.69 Å². The predicted molar refractivity (Wildman–Crippen MR) is 78.9 cm³/mol. The Morgan fingerprint density at radius 3 is 2.76 bits per heavy atom. The normalized spacial score (nSPS) is 23.0. The zero-order chi connectivity index (χ0) is 15.6. The van der Waals surface area contributed by atoms with Crippen LogP contribution in [-0.4, -0.2) is 32.5 Å². The van der Waals surface area contributed by atoms with Crippen LogP contribution in [0.15, 0.2) is 23.1 Å². The zero-order valence-corrected chi connectivity index (χ0v) is 12.9. The van der Waals surface area contributed by atoms with Crippen LogP contribution in [0.25, 0.3) is 0 Å². The number of nitro benzene ring substituents is 1. The van der Waals surface area contributed by atoms with Gasteiger partial charge in [-0.05, 0) is 31.5 Å². The van der Waals surface area contributed by atoms with E-state index in [0.29, 0.717) is 6.42 Å². The molecule has 0 saturated carbocycles. The van der Waals surface area contributed by atoms with E-state index >= 15 is 0 Å². The highest BCUT2D eigenvalue weighted by Crippen LogP contribution is 2.27. The number of benzene rings is 1. The fourth-order valence-electron chi connectivity index (χ4n) is 2.27. The Hall–Kier alpha value is -1.22. The summed E-state index contributed by atoms with van der Waals surface area (Å²) in [4.78, 5) is 9.89. The second-order valence-corrected chi connectivity index (χ2v) is 7.16. The molecule has 0 aliphatic carbocycles. The number of halogens is 1. The van der Waals surface area contributed by atoms with E-state index in [-0.39, 0.29) is 27.6 Å². The summed E-state index contributed by atoms with van der Waals surface area (Å²) >= 11 is 5.88. The summed E-state index contributed by atoms with van der Waals surface area (Å²) in [5.41, 5.74) is -0.241. The molecule has 0 radical (unpaired) electrons. The van der Waals surface area contributed by atoms with Crippen LogP contribution in [0.3, 0.4) is 0 Å². The van der Waals surface area contributed by atoms with Crippen molar-refractivity contribution in [3.8, 4) is 0 Å². The topological polar surface area (TPSA) is 101 Å². The molecule has 1 heterocycles. The van der Waals surface area contributed by atoms with Crippen LogP contribution in [0.1, 0.15) is 13.3 Å². The van der Waals surface area contributed by atoms with Crippen molar-refractivity contribution in [2.24, 2.45) is 5.92 Å². The van der Waals surface area contributed by atoms with Crippen LogP contribution in [0, 0.1) is 16.0 Å². The summed E-state index contributed by atoms with van der Waals surface area (Å²) < 4.78 is 27.4. The average molecular weight is 334 g/mol. The number of hydrogen-bond donors (Lipinski definition) is 2. The number of non-ortho nitro benzene ring substituents is 1. The average Bonchev–Trinajstić information content (AvgIpc) is 2.40. The fraction of sp³-hybridized carbons (Fsp3) is 0.500. The highest BCUT2D eigenvalue weighted by atomic mass is 35.5.